The third-order valence-corrected chi connectivity index (χ3v) is 4.89. The molecule has 1 aromatic heterocycles. The van der Waals surface area contributed by atoms with E-state index < -0.39 is 6.04 Å². The van der Waals surface area contributed by atoms with Crippen LogP contribution in [0.2, 0.25) is 0 Å². The molecule has 0 spiro atoms. The summed E-state index contributed by atoms with van der Waals surface area (Å²) in [6, 6.07) is 4.25. The summed E-state index contributed by atoms with van der Waals surface area (Å²) in [4.78, 5) is 16.8. The fraction of sp³-hybridized carbons (Fsp3) is 0.500. The number of aryl methyl sites for hydroxylation is 1. The van der Waals surface area contributed by atoms with E-state index in [0.717, 1.165) is 19.3 Å². The number of nitrogens with two attached hydrogens (primary N) is 1. The molecule has 1 amide bonds. The van der Waals surface area contributed by atoms with E-state index in [9.17, 15) is 9.18 Å². The molecule has 1 aliphatic rings. The summed E-state index contributed by atoms with van der Waals surface area (Å²) in [5.41, 5.74) is 6.93. The van der Waals surface area contributed by atoms with Crippen molar-refractivity contribution in [1.82, 2.24) is 15.5 Å². The van der Waals surface area contributed by atoms with Gasteiger partial charge in [-0.3, -0.25) is 4.79 Å². The van der Waals surface area contributed by atoms with Crippen molar-refractivity contribution < 1.29 is 13.7 Å². The van der Waals surface area contributed by atoms with Gasteiger partial charge in [-0.25, -0.2) is 4.39 Å². The molecular formula is C18H23FN4O2. The zero-order valence-electron chi connectivity index (χ0n) is 14.5. The van der Waals surface area contributed by atoms with E-state index in [1.165, 1.54) is 6.07 Å². The second kappa shape index (κ2) is 7.31. The number of amides is 1. The molecule has 1 aliphatic carbocycles. The van der Waals surface area contributed by atoms with Gasteiger partial charge in [-0.1, -0.05) is 11.6 Å². The van der Waals surface area contributed by atoms with Crippen LogP contribution in [0.4, 0.5) is 4.39 Å². The molecule has 3 N–H and O–H groups in total. The molecular weight excluding hydrogens is 323 g/mol. The molecule has 1 saturated carbocycles. The Morgan fingerprint density at radius 1 is 1.48 bits per heavy atom. The number of halogens is 1. The average Bonchev–Trinajstić information content (AvgIpc) is 3.26. The van der Waals surface area contributed by atoms with Crippen LogP contribution >= 0.6 is 0 Å². The Bertz CT molecular complexity index is 761. The van der Waals surface area contributed by atoms with E-state index >= 15 is 0 Å². The van der Waals surface area contributed by atoms with Gasteiger partial charge in [-0.2, -0.15) is 4.98 Å². The van der Waals surface area contributed by atoms with Gasteiger partial charge in [-0.05, 0) is 62.9 Å². The second-order valence-electron chi connectivity index (χ2n) is 6.68. The van der Waals surface area contributed by atoms with Crippen LogP contribution in [0.5, 0.6) is 0 Å². The highest BCUT2D eigenvalue weighted by atomic mass is 19.1. The molecule has 25 heavy (non-hydrogen) atoms. The molecule has 134 valence electrons. The number of hydrogen-bond donors (Lipinski definition) is 2. The summed E-state index contributed by atoms with van der Waals surface area (Å²) in [5, 5.41) is 6.87. The Morgan fingerprint density at radius 3 is 3.00 bits per heavy atom. The Kier molecular flexibility index (Phi) is 5.13. The van der Waals surface area contributed by atoms with Gasteiger partial charge >= 0.3 is 0 Å². The molecule has 3 atom stereocenters. The molecule has 0 radical (unpaired) electrons. The van der Waals surface area contributed by atoms with E-state index in [1.54, 1.807) is 26.0 Å². The van der Waals surface area contributed by atoms with Crippen LogP contribution < -0.4 is 11.1 Å². The summed E-state index contributed by atoms with van der Waals surface area (Å²) in [6.07, 6.45) is 2.89. The maximum atomic E-state index is 13.4. The molecule has 0 bridgehead atoms. The molecule has 7 heteroatoms. The van der Waals surface area contributed by atoms with E-state index in [0.29, 0.717) is 29.4 Å². The summed E-state index contributed by atoms with van der Waals surface area (Å²) in [7, 11) is 0. The topological polar surface area (TPSA) is 94.0 Å². The average molecular weight is 346 g/mol. The normalized spacial score (nSPS) is 21.3. The molecule has 6 nitrogen and oxygen atoms in total. The predicted molar refractivity (Wildman–Crippen MR) is 90.9 cm³/mol. The molecule has 1 unspecified atom stereocenters. The third kappa shape index (κ3) is 3.71. The summed E-state index contributed by atoms with van der Waals surface area (Å²) >= 11 is 0. The Labute approximate surface area is 146 Å². The smallest absolute Gasteiger partial charge is 0.249 e. The lowest BCUT2D eigenvalue weighted by molar-refractivity contribution is -0.126. The lowest BCUT2D eigenvalue weighted by Crippen LogP contribution is -2.36. The van der Waals surface area contributed by atoms with Crippen LogP contribution in [0.15, 0.2) is 22.7 Å². The minimum absolute atomic E-state index is 0.0159. The third-order valence-electron chi connectivity index (χ3n) is 4.89. The maximum Gasteiger partial charge on any atom is 0.249 e. The van der Waals surface area contributed by atoms with E-state index in [1.807, 2.05) is 0 Å². The number of aromatic nitrogens is 2. The molecule has 1 aromatic carbocycles. The number of hydrogen-bond acceptors (Lipinski definition) is 5. The van der Waals surface area contributed by atoms with Crippen LogP contribution in [0.1, 0.15) is 43.7 Å². The highest BCUT2D eigenvalue weighted by Crippen LogP contribution is 2.31. The maximum absolute atomic E-state index is 13.4. The van der Waals surface area contributed by atoms with Crippen LogP contribution in [-0.4, -0.2) is 22.6 Å². The fourth-order valence-electron chi connectivity index (χ4n) is 3.36. The number of rotatable bonds is 5. The highest BCUT2D eigenvalue weighted by molar-refractivity contribution is 5.79. The number of nitrogens with zero attached hydrogens (tertiary/aromatic N) is 2. The lowest BCUT2D eigenvalue weighted by Gasteiger charge is -2.19. The minimum atomic E-state index is -0.394. The largest absolute Gasteiger partial charge is 0.344 e. The van der Waals surface area contributed by atoms with Gasteiger partial charge in [0.1, 0.15) is 11.9 Å². The van der Waals surface area contributed by atoms with Crippen molar-refractivity contribution in [3.05, 3.63) is 35.5 Å². The van der Waals surface area contributed by atoms with Crippen molar-refractivity contribution >= 4 is 5.91 Å². The van der Waals surface area contributed by atoms with Gasteiger partial charge in [0.2, 0.25) is 17.6 Å². The number of benzene rings is 1. The zero-order chi connectivity index (χ0) is 18.0. The predicted octanol–water partition coefficient (Wildman–Crippen LogP) is 2.74. The van der Waals surface area contributed by atoms with Crippen molar-refractivity contribution in [2.24, 2.45) is 17.6 Å². The number of nitrogens with one attached hydrogen (secondary N) is 1. The van der Waals surface area contributed by atoms with E-state index in [2.05, 4.69) is 15.5 Å². The Hall–Kier alpha value is -2.28. The minimum Gasteiger partial charge on any atom is -0.344 e. The Balaban J connectivity index is 1.69. The summed E-state index contributed by atoms with van der Waals surface area (Å²) < 4.78 is 18.7. The molecule has 1 heterocycles. The van der Waals surface area contributed by atoms with Crippen molar-refractivity contribution in [1.29, 1.82) is 0 Å². The van der Waals surface area contributed by atoms with Gasteiger partial charge in [0.25, 0.3) is 0 Å². The first-order valence-corrected chi connectivity index (χ1v) is 8.60. The van der Waals surface area contributed by atoms with Crippen molar-refractivity contribution in [3.63, 3.8) is 0 Å². The van der Waals surface area contributed by atoms with E-state index in [-0.39, 0.29) is 23.6 Å². The number of carbonyl (C=O) groups is 1. The first kappa shape index (κ1) is 17.5. The first-order valence-electron chi connectivity index (χ1n) is 8.60. The van der Waals surface area contributed by atoms with Gasteiger partial charge in [0, 0.05) is 11.5 Å². The molecule has 0 aliphatic heterocycles. The van der Waals surface area contributed by atoms with Crippen LogP contribution in [0, 0.1) is 24.6 Å². The van der Waals surface area contributed by atoms with Crippen molar-refractivity contribution in [2.45, 2.75) is 39.2 Å². The van der Waals surface area contributed by atoms with Crippen molar-refractivity contribution in [2.75, 3.05) is 6.54 Å². The highest BCUT2D eigenvalue weighted by Gasteiger charge is 2.33. The first-order chi connectivity index (χ1) is 12.0. The van der Waals surface area contributed by atoms with Crippen molar-refractivity contribution in [3.8, 4) is 11.4 Å². The molecule has 2 aromatic rings. The fourth-order valence-corrected chi connectivity index (χ4v) is 3.36. The Morgan fingerprint density at radius 2 is 2.28 bits per heavy atom. The molecule has 3 rings (SSSR count). The van der Waals surface area contributed by atoms with Gasteiger partial charge < -0.3 is 15.6 Å². The van der Waals surface area contributed by atoms with Crippen LogP contribution in [-0.2, 0) is 4.79 Å². The van der Waals surface area contributed by atoms with Gasteiger partial charge in [-0.15, -0.1) is 0 Å². The quantitative estimate of drug-likeness (QED) is 0.868. The van der Waals surface area contributed by atoms with Crippen LogP contribution in [0.25, 0.3) is 11.4 Å². The molecule has 1 fully saturated rings. The molecule has 0 saturated heterocycles. The second-order valence-corrected chi connectivity index (χ2v) is 6.68. The SMILES string of the molecule is Cc1cc(-c2noc(C(C)NC(=O)[C@@H]3CCC[C@@H]3CN)n2)ccc1F. The lowest BCUT2D eigenvalue weighted by atomic mass is 9.95. The zero-order valence-corrected chi connectivity index (χ0v) is 14.5. The van der Waals surface area contributed by atoms with Gasteiger partial charge in [0.15, 0.2) is 0 Å². The summed E-state index contributed by atoms with van der Waals surface area (Å²) in [6.45, 7) is 4.01. The standard InChI is InChI=1S/C18H23FN4O2/c1-10-8-12(6-7-15(10)19)16-22-18(25-23-16)11(2)21-17(24)14-5-3-4-13(14)9-20/h6-8,11,13-14H,3-5,9,20H2,1-2H3,(H,21,24)/t11?,13-,14-/m1/s1. The monoisotopic (exact) mass is 346 g/mol. The van der Waals surface area contributed by atoms with Gasteiger partial charge in [0.05, 0.1) is 0 Å². The van der Waals surface area contributed by atoms with Crippen LogP contribution in [0.3, 0.4) is 0 Å². The number of carbonyl (C=O) groups excluding carboxylic acids is 1. The summed E-state index contributed by atoms with van der Waals surface area (Å²) in [5.74, 6) is 0.603. The van der Waals surface area contributed by atoms with E-state index in [4.69, 9.17) is 10.3 Å².